The van der Waals surface area contributed by atoms with Crippen LogP contribution in [0.2, 0.25) is 0 Å². The molecule has 0 aromatic heterocycles. The Morgan fingerprint density at radius 2 is 2.00 bits per heavy atom. The zero-order chi connectivity index (χ0) is 9.38. The topological polar surface area (TPSA) is 27.6 Å². The zero-order valence-electron chi connectivity index (χ0n) is 7.51. The molecule has 14 heavy (non-hydrogen) atoms. The van der Waals surface area contributed by atoms with Gasteiger partial charge >= 0.3 is 0 Å². The van der Waals surface area contributed by atoms with E-state index in [0.717, 1.165) is 5.70 Å². The molecule has 0 amide bonds. The summed E-state index contributed by atoms with van der Waals surface area (Å²) in [5.41, 5.74) is 6.39. The second kappa shape index (κ2) is 2.73. The maximum Gasteiger partial charge on any atom is 0.0846 e. The molecule has 0 radical (unpaired) electrons. The third kappa shape index (κ3) is 1.03. The van der Waals surface area contributed by atoms with Crippen molar-refractivity contribution in [1.29, 1.82) is 0 Å². The molecular weight excluding hydrogens is 174 g/mol. The second-order valence-corrected chi connectivity index (χ2v) is 3.24. The Morgan fingerprint density at radius 3 is 2.93 bits per heavy atom. The number of benzene rings is 1. The van der Waals surface area contributed by atoms with Gasteiger partial charge in [-0.3, -0.25) is 0 Å². The van der Waals surface area contributed by atoms with Crippen molar-refractivity contribution in [2.45, 2.75) is 0 Å². The first-order valence-corrected chi connectivity index (χ1v) is 4.50. The van der Waals surface area contributed by atoms with Crippen LogP contribution < -0.4 is 5.53 Å². The monoisotopic (exact) mass is 183 g/mol. The maximum atomic E-state index is 3.97. The van der Waals surface area contributed by atoms with E-state index in [9.17, 15) is 0 Å². The molecule has 0 unspecified atom stereocenters. The van der Waals surface area contributed by atoms with E-state index in [2.05, 4.69) is 34.9 Å². The van der Waals surface area contributed by atoms with E-state index >= 15 is 0 Å². The van der Waals surface area contributed by atoms with Crippen molar-refractivity contribution in [3.8, 4) is 0 Å². The smallest absolute Gasteiger partial charge is 0.0846 e. The van der Waals surface area contributed by atoms with E-state index in [1.807, 2.05) is 29.6 Å². The molecule has 3 rings (SSSR count). The minimum atomic E-state index is 1.06. The van der Waals surface area contributed by atoms with E-state index in [4.69, 9.17) is 0 Å². The Bertz CT molecular complexity index is 457. The summed E-state index contributed by atoms with van der Waals surface area (Å²) in [5, 5.41) is 5.86. The summed E-state index contributed by atoms with van der Waals surface area (Å²) in [6.45, 7) is 0. The van der Waals surface area contributed by atoms with Crippen molar-refractivity contribution < 1.29 is 0 Å². The van der Waals surface area contributed by atoms with Crippen molar-refractivity contribution in [3.05, 3.63) is 47.3 Å². The lowest BCUT2D eigenvalue weighted by molar-refractivity contribution is 0.393. The molecule has 2 heterocycles. The summed E-state index contributed by atoms with van der Waals surface area (Å²) in [6, 6.07) is 8.28. The van der Waals surface area contributed by atoms with Crippen LogP contribution in [0.3, 0.4) is 0 Å². The standard InChI is InChI=1S/C11H9N3/c1-2-4-10-7-11-8-12-13-14(11)6-5-9(10)3-1/h1-8,13H. The van der Waals surface area contributed by atoms with Crippen LogP contribution in [-0.4, -0.2) is 11.2 Å². The number of nitrogens with one attached hydrogen (secondary N) is 1. The fraction of sp³-hybridized carbons (Fsp3) is 0. The fourth-order valence-electron chi connectivity index (χ4n) is 1.61. The van der Waals surface area contributed by atoms with Gasteiger partial charge in [0, 0.05) is 6.20 Å². The van der Waals surface area contributed by atoms with E-state index in [-0.39, 0.29) is 0 Å². The number of fused-ring (bicyclic) bond motifs is 2. The molecule has 68 valence electrons. The predicted molar refractivity (Wildman–Crippen MR) is 56.9 cm³/mol. The number of hydrogen-bond donors (Lipinski definition) is 1. The van der Waals surface area contributed by atoms with E-state index in [0.29, 0.717) is 0 Å². The zero-order valence-corrected chi connectivity index (χ0v) is 7.51. The number of hydrogen-bond acceptors (Lipinski definition) is 3. The fourth-order valence-corrected chi connectivity index (χ4v) is 1.61. The Hall–Kier alpha value is -2.03. The summed E-state index contributed by atoms with van der Waals surface area (Å²) in [7, 11) is 0. The minimum absolute atomic E-state index is 1.06. The van der Waals surface area contributed by atoms with Gasteiger partial charge in [0.15, 0.2) is 0 Å². The van der Waals surface area contributed by atoms with Crippen LogP contribution >= 0.6 is 0 Å². The van der Waals surface area contributed by atoms with Crippen molar-refractivity contribution in [2.24, 2.45) is 5.10 Å². The number of nitrogens with zero attached hydrogens (tertiary/aromatic N) is 2. The van der Waals surface area contributed by atoms with Gasteiger partial charge in [-0.25, -0.2) is 10.5 Å². The van der Waals surface area contributed by atoms with Crippen LogP contribution in [0, 0.1) is 0 Å². The summed E-state index contributed by atoms with van der Waals surface area (Å²) >= 11 is 0. The van der Waals surface area contributed by atoms with Gasteiger partial charge in [0.1, 0.15) is 0 Å². The average molecular weight is 183 g/mol. The Kier molecular flexibility index (Phi) is 1.44. The summed E-state index contributed by atoms with van der Waals surface area (Å²) < 4.78 is 0. The molecule has 0 fully saturated rings. The average Bonchev–Trinajstić information content (AvgIpc) is 2.58. The first-order chi connectivity index (χ1) is 6.93. The van der Waals surface area contributed by atoms with E-state index in [1.54, 1.807) is 0 Å². The highest BCUT2D eigenvalue weighted by molar-refractivity contribution is 5.88. The summed E-state index contributed by atoms with van der Waals surface area (Å²) in [5.74, 6) is 0. The number of hydrazine groups is 1. The molecule has 1 N–H and O–H groups in total. The molecule has 3 heteroatoms. The first-order valence-electron chi connectivity index (χ1n) is 4.50. The van der Waals surface area contributed by atoms with Crippen LogP contribution in [-0.2, 0) is 0 Å². The molecule has 0 spiro atoms. The van der Waals surface area contributed by atoms with Crippen molar-refractivity contribution in [3.63, 3.8) is 0 Å². The molecule has 2 aliphatic rings. The van der Waals surface area contributed by atoms with Gasteiger partial charge < -0.3 is 0 Å². The van der Waals surface area contributed by atoms with Crippen LogP contribution in [0.25, 0.3) is 12.2 Å². The highest BCUT2D eigenvalue weighted by atomic mass is 15.7. The molecule has 0 bridgehead atoms. The SMILES string of the molecule is C1=CN2NN=CC2=Cc2ccccc21. The normalized spacial score (nSPS) is 16.9. The molecule has 0 saturated carbocycles. The molecule has 0 atom stereocenters. The van der Waals surface area contributed by atoms with Gasteiger partial charge in [0.25, 0.3) is 0 Å². The van der Waals surface area contributed by atoms with E-state index in [1.165, 1.54) is 11.1 Å². The molecule has 1 aromatic rings. The molecule has 1 aromatic carbocycles. The number of rotatable bonds is 0. The van der Waals surface area contributed by atoms with Gasteiger partial charge in [-0.2, -0.15) is 5.10 Å². The Morgan fingerprint density at radius 1 is 1.14 bits per heavy atom. The number of hydrazone groups is 1. The predicted octanol–water partition coefficient (Wildman–Crippen LogP) is 1.82. The van der Waals surface area contributed by atoms with Crippen LogP contribution in [0.5, 0.6) is 0 Å². The number of allylic oxidation sites excluding steroid dienone is 1. The van der Waals surface area contributed by atoms with Crippen LogP contribution in [0.4, 0.5) is 0 Å². The van der Waals surface area contributed by atoms with Gasteiger partial charge in [-0.15, -0.1) is 0 Å². The van der Waals surface area contributed by atoms with Crippen LogP contribution in [0.15, 0.2) is 41.3 Å². The highest BCUT2D eigenvalue weighted by Crippen LogP contribution is 2.20. The lowest BCUT2D eigenvalue weighted by atomic mass is 10.1. The molecule has 3 nitrogen and oxygen atoms in total. The molecular formula is C11H9N3. The quantitative estimate of drug-likeness (QED) is 0.664. The lowest BCUT2D eigenvalue weighted by Gasteiger charge is -2.10. The van der Waals surface area contributed by atoms with Gasteiger partial charge in [-0.05, 0) is 23.3 Å². The van der Waals surface area contributed by atoms with Crippen molar-refractivity contribution in [1.82, 2.24) is 10.5 Å². The third-order valence-corrected chi connectivity index (χ3v) is 2.34. The van der Waals surface area contributed by atoms with Gasteiger partial charge in [0.05, 0.1) is 11.9 Å². The van der Waals surface area contributed by atoms with Gasteiger partial charge in [0.2, 0.25) is 0 Å². The maximum absolute atomic E-state index is 3.97. The first kappa shape index (κ1) is 7.38. The molecule has 0 aliphatic carbocycles. The summed E-state index contributed by atoms with van der Waals surface area (Å²) in [6.07, 6.45) is 7.97. The molecule has 0 saturated heterocycles. The Labute approximate surface area is 82.0 Å². The second-order valence-electron chi connectivity index (χ2n) is 3.24. The largest absolute Gasteiger partial charge is 0.246 e. The Balaban J connectivity index is 2.19. The highest BCUT2D eigenvalue weighted by Gasteiger charge is 2.12. The molecule has 2 aliphatic heterocycles. The van der Waals surface area contributed by atoms with Gasteiger partial charge in [-0.1, -0.05) is 24.3 Å². The minimum Gasteiger partial charge on any atom is -0.246 e. The van der Waals surface area contributed by atoms with Crippen LogP contribution in [0.1, 0.15) is 11.1 Å². The lowest BCUT2D eigenvalue weighted by Crippen LogP contribution is -2.21. The third-order valence-electron chi connectivity index (χ3n) is 2.34. The van der Waals surface area contributed by atoms with E-state index < -0.39 is 0 Å². The summed E-state index contributed by atoms with van der Waals surface area (Å²) in [4.78, 5) is 0. The van der Waals surface area contributed by atoms with Crippen molar-refractivity contribution >= 4 is 18.4 Å². The van der Waals surface area contributed by atoms with Crippen molar-refractivity contribution in [2.75, 3.05) is 0 Å².